The van der Waals surface area contributed by atoms with E-state index < -0.39 is 0 Å². The van der Waals surface area contributed by atoms with Gasteiger partial charge in [-0.05, 0) is 17.5 Å². The van der Waals surface area contributed by atoms with Crippen LogP contribution in [-0.2, 0) is 4.79 Å². The van der Waals surface area contributed by atoms with Crippen molar-refractivity contribution in [3.8, 4) is 0 Å². The molecule has 2 heterocycles. The highest BCUT2D eigenvalue weighted by molar-refractivity contribution is 8.01. The quantitative estimate of drug-likeness (QED) is 0.401. The summed E-state index contributed by atoms with van der Waals surface area (Å²) in [7, 11) is 0. The SMILES string of the molecule is C=CCSc1nnc(NC(=O)CN2C(=O)c3cccc4cccc2c34)s1. The number of carbonyl (C=O) groups excluding carboxylic acids is 2. The molecule has 2 amide bonds. The molecule has 0 unspecified atom stereocenters. The minimum Gasteiger partial charge on any atom is -0.299 e. The Hall–Kier alpha value is -2.71. The summed E-state index contributed by atoms with van der Waals surface area (Å²) in [5, 5.41) is 13.0. The van der Waals surface area contributed by atoms with Crippen LogP contribution in [0.25, 0.3) is 10.8 Å². The van der Waals surface area contributed by atoms with Crippen molar-refractivity contribution in [1.82, 2.24) is 10.2 Å². The summed E-state index contributed by atoms with van der Waals surface area (Å²) in [6.45, 7) is 3.59. The molecule has 1 aliphatic rings. The average Bonchev–Trinajstić information content (AvgIpc) is 3.20. The fourth-order valence-electron chi connectivity index (χ4n) is 2.89. The Balaban J connectivity index is 1.50. The van der Waals surface area contributed by atoms with E-state index in [-0.39, 0.29) is 18.4 Å². The first-order valence-electron chi connectivity index (χ1n) is 7.88. The molecule has 0 bridgehead atoms. The first-order chi connectivity index (χ1) is 12.7. The number of amides is 2. The summed E-state index contributed by atoms with van der Waals surface area (Å²) < 4.78 is 0.759. The van der Waals surface area contributed by atoms with Crippen molar-refractivity contribution in [2.45, 2.75) is 4.34 Å². The molecule has 4 rings (SSSR count). The van der Waals surface area contributed by atoms with Crippen molar-refractivity contribution in [3.63, 3.8) is 0 Å². The Labute approximate surface area is 157 Å². The maximum absolute atomic E-state index is 12.7. The van der Waals surface area contributed by atoms with Crippen molar-refractivity contribution in [1.29, 1.82) is 0 Å². The second kappa shape index (κ2) is 6.89. The number of anilines is 2. The summed E-state index contributed by atoms with van der Waals surface area (Å²) in [4.78, 5) is 26.6. The zero-order valence-electron chi connectivity index (χ0n) is 13.6. The summed E-state index contributed by atoms with van der Waals surface area (Å²) in [6, 6.07) is 11.3. The first-order valence-corrected chi connectivity index (χ1v) is 9.68. The van der Waals surface area contributed by atoms with Crippen LogP contribution in [0.15, 0.2) is 53.4 Å². The lowest BCUT2D eigenvalue weighted by atomic mass is 10.1. The van der Waals surface area contributed by atoms with Crippen LogP contribution in [0.1, 0.15) is 10.4 Å². The molecule has 1 aromatic heterocycles. The Morgan fingerprint density at radius 3 is 2.88 bits per heavy atom. The molecule has 0 radical (unpaired) electrons. The molecule has 1 N–H and O–H groups in total. The van der Waals surface area contributed by atoms with Gasteiger partial charge in [0, 0.05) is 16.7 Å². The van der Waals surface area contributed by atoms with Crippen molar-refractivity contribution in [3.05, 3.63) is 54.6 Å². The lowest BCUT2D eigenvalue weighted by Crippen LogP contribution is -2.35. The number of hydrogen-bond acceptors (Lipinski definition) is 6. The zero-order valence-corrected chi connectivity index (χ0v) is 15.3. The monoisotopic (exact) mass is 382 g/mol. The molecular weight excluding hydrogens is 368 g/mol. The second-order valence-electron chi connectivity index (χ2n) is 5.59. The molecule has 130 valence electrons. The predicted octanol–water partition coefficient (Wildman–Crippen LogP) is 3.57. The van der Waals surface area contributed by atoms with Gasteiger partial charge in [-0.2, -0.15) is 0 Å². The Bertz CT molecular complexity index is 1030. The van der Waals surface area contributed by atoms with E-state index in [0.29, 0.717) is 10.7 Å². The number of thioether (sulfide) groups is 1. The highest BCUT2D eigenvalue weighted by Gasteiger charge is 2.30. The molecule has 8 heteroatoms. The summed E-state index contributed by atoms with van der Waals surface area (Å²) in [5.41, 5.74) is 1.39. The van der Waals surface area contributed by atoms with Gasteiger partial charge in [0.15, 0.2) is 4.34 Å². The van der Waals surface area contributed by atoms with E-state index in [0.717, 1.165) is 26.6 Å². The third kappa shape index (κ3) is 2.97. The molecule has 1 aliphatic heterocycles. The van der Waals surface area contributed by atoms with Crippen molar-refractivity contribution < 1.29 is 9.59 Å². The van der Waals surface area contributed by atoms with Gasteiger partial charge in [0.2, 0.25) is 11.0 Å². The lowest BCUT2D eigenvalue weighted by Gasteiger charge is -2.16. The van der Waals surface area contributed by atoms with E-state index in [2.05, 4.69) is 22.1 Å². The highest BCUT2D eigenvalue weighted by atomic mass is 32.2. The largest absolute Gasteiger partial charge is 0.299 e. The molecule has 0 aliphatic carbocycles. The van der Waals surface area contributed by atoms with Gasteiger partial charge in [-0.15, -0.1) is 16.8 Å². The molecule has 0 saturated carbocycles. The van der Waals surface area contributed by atoms with Gasteiger partial charge in [-0.25, -0.2) is 0 Å². The van der Waals surface area contributed by atoms with Crippen molar-refractivity contribution in [2.24, 2.45) is 0 Å². The first kappa shape index (κ1) is 16.7. The van der Waals surface area contributed by atoms with Crippen LogP contribution in [0.2, 0.25) is 0 Å². The Kier molecular flexibility index (Phi) is 4.44. The number of aromatic nitrogens is 2. The number of rotatable bonds is 6. The van der Waals surface area contributed by atoms with Gasteiger partial charge in [-0.3, -0.25) is 19.8 Å². The normalized spacial score (nSPS) is 12.6. The second-order valence-corrected chi connectivity index (χ2v) is 7.84. The van der Waals surface area contributed by atoms with Crippen LogP contribution in [0.4, 0.5) is 10.8 Å². The summed E-state index contributed by atoms with van der Waals surface area (Å²) >= 11 is 2.80. The van der Waals surface area contributed by atoms with E-state index in [1.807, 2.05) is 30.3 Å². The molecule has 0 atom stereocenters. The van der Waals surface area contributed by atoms with Gasteiger partial charge in [0.05, 0.1) is 5.69 Å². The highest BCUT2D eigenvalue weighted by Crippen LogP contribution is 2.37. The van der Waals surface area contributed by atoms with Gasteiger partial charge in [0.25, 0.3) is 5.91 Å². The van der Waals surface area contributed by atoms with Crippen LogP contribution < -0.4 is 10.2 Å². The number of hydrogen-bond donors (Lipinski definition) is 1. The minimum absolute atomic E-state index is 0.0681. The number of carbonyl (C=O) groups is 2. The van der Waals surface area contributed by atoms with E-state index in [1.165, 1.54) is 28.0 Å². The number of nitrogens with one attached hydrogen (secondary N) is 1. The van der Waals surface area contributed by atoms with Crippen LogP contribution >= 0.6 is 23.1 Å². The molecule has 2 aromatic carbocycles. The van der Waals surface area contributed by atoms with E-state index in [9.17, 15) is 9.59 Å². The smallest absolute Gasteiger partial charge is 0.259 e. The van der Waals surface area contributed by atoms with Crippen LogP contribution in [0.5, 0.6) is 0 Å². The molecule has 0 saturated heterocycles. The van der Waals surface area contributed by atoms with Gasteiger partial charge < -0.3 is 0 Å². The van der Waals surface area contributed by atoms with Gasteiger partial charge in [-0.1, -0.05) is 53.4 Å². The molecule has 6 nitrogen and oxygen atoms in total. The minimum atomic E-state index is -0.306. The summed E-state index contributed by atoms with van der Waals surface area (Å²) in [6.07, 6.45) is 1.78. The van der Waals surface area contributed by atoms with E-state index in [4.69, 9.17) is 0 Å². The number of benzene rings is 2. The standard InChI is InChI=1S/C18H14N4O2S2/c1-2-9-25-18-21-20-17(26-18)19-14(23)10-22-13-8-4-6-11-5-3-7-12(15(11)13)16(22)24/h2-8H,1,9-10H2,(H,19,20,23). The summed E-state index contributed by atoms with van der Waals surface area (Å²) in [5.74, 6) is 0.263. The fourth-order valence-corrected chi connectivity index (χ4v) is 4.42. The van der Waals surface area contributed by atoms with Crippen LogP contribution in [0.3, 0.4) is 0 Å². The maximum atomic E-state index is 12.7. The van der Waals surface area contributed by atoms with Gasteiger partial charge in [0.1, 0.15) is 6.54 Å². The topological polar surface area (TPSA) is 75.2 Å². The zero-order chi connectivity index (χ0) is 18.1. The van der Waals surface area contributed by atoms with Crippen LogP contribution in [-0.4, -0.2) is 34.3 Å². The maximum Gasteiger partial charge on any atom is 0.259 e. The molecule has 0 fully saturated rings. The van der Waals surface area contributed by atoms with Crippen LogP contribution in [0, 0.1) is 0 Å². The molecular formula is C18H14N4O2S2. The van der Waals surface area contributed by atoms with Crippen molar-refractivity contribution in [2.75, 3.05) is 22.5 Å². The van der Waals surface area contributed by atoms with Gasteiger partial charge >= 0.3 is 0 Å². The number of nitrogens with zero attached hydrogens (tertiary/aromatic N) is 3. The van der Waals surface area contributed by atoms with E-state index >= 15 is 0 Å². The average molecular weight is 382 g/mol. The third-order valence-electron chi connectivity index (χ3n) is 3.93. The molecule has 26 heavy (non-hydrogen) atoms. The third-order valence-corrected chi connectivity index (χ3v) is 5.90. The predicted molar refractivity (Wildman–Crippen MR) is 105 cm³/mol. The Morgan fingerprint density at radius 2 is 2.08 bits per heavy atom. The van der Waals surface area contributed by atoms with E-state index in [1.54, 1.807) is 12.1 Å². The lowest BCUT2D eigenvalue weighted by molar-refractivity contribution is -0.114. The molecule has 3 aromatic rings. The molecule has 0 spiro atoms. The fraction of sp³-hybridized carbons (Fsp3) is 0.111. The Morgan fingerprint density at radius 1 is 1.27 bits per heavy atom. The van der Waals surface area contributed by atoms with Crippen molar-refractivity contribution >= 4 is 56.5 Å².